The molecular weight excluding hydrogens is 288 g/mol. The van der Waals surface area contributed by atoms with E-state index in [-0.39, 0.29) is 9.75 Å². The Balaban J connectivity index is 2.06. The standard InChI is InChI=1S/C11H14N2O2S3/c1-11(12,7-2-3-7)8-4-6-5-9(18(13,14)15)17-10(6)16-8/h4-5,7H,2-3,12H2,1H3,(H2,13,14,15). The number of rotatable bonds is 3. The molecule has 0 saturated heterocycles. The molecule has 1 atom stereocenters. The first-order chi connectivity index (χ1) is 8.28. The Labute approximate surface area is 114 Å². The summed E-state index contributed by atoms with van der Waals surface area (Å²) < 4.78 is 23.7. The van der Waals surface area contributed by atoms with Crippen molar-refractivity contribution in [2.45, 2.75) is 29.5 Å². The summed E-state index contributed by atoms with van der Waals surface area (Å²) in [5.41, 5.74) is 6.08. The highest BCUT2D eigenvalue weighted by Crippen LogP contribution is 2.48. The van der Waals surface area contributed by atoms with Gasteiger partial charge in [0.2, 0.25) is 10.0 Å². The zero-order valence-electron chi connectivity index (χ0n) is 9.84. The van der Waals surface area contributed by atoms with E-state index in [9.17, 15) is 8.42 Å². The van der Waals surface area contributed by atoms with E-state index < -0.39 is 10.0 Å². The minimum Gasteiger partial charge on any atom is -0.321 e. The summed E-state index contributed by atoms with van der Waals surface area (Å²) in [6.07, 6.45) is 2.36. The quantitative estimate of drug-likeness (QED) is 0.911. The van der Waals surface area contributed by atoms with E-state index in [1.807, 2.05) is 6.07 Å². The maximum absolute atomic E-state index is 11.3. The summed E-state index contributed by atoms with van der Waals surface area (Å²) in [5, 5.41) is 6.06. The molecule has 1 fully saturated rings. The normalized spacial score (nSPS) is 20.2. The second-order valence-corrected chi connectivity index (χ2v) is 9.17. The number of primary sulfonamides is 1. The number of hydrogen-bond donors (Lipinski definition) is 2. The van der Waals surface area contributed by atoms with Crippen molar-refractivity contribution in [1.29, 1.82) is 0 Å². The molecule has 4 N–H and O–H groups in total. The zero-order chi connectivity index (χ0) is 13.1. The molecule has 1 aliphatic carbocycles. The molecule has 1 unspecified atom stereocenters. The highest BCUT2D eigenvalue weighted by Gasteiger charge is 2.40. The molecule has 3 rings (SSSR count). The molecule has 2 aromatic heterocycles. The van der Waals surface area contributed by atoms with Crippen molar-refractivity contribution in [3.8, 4) is 0 Å². The van der Waals surface area contributed by atoms with E-state index in [4.69, 9.17) is 10.9 Å². The first-order valence-electron chi connectivity index (χ1n) is 5.64. The van der Waals surface area contributed by atoms with Gasteiger partial charge in [0, 0.05) is 10.3 Å². The Morgan fingerprint density at radius 1 is 1.33 bits per heavy atom. The number of nitrogens with two attached hydrogens (primary N) is 2. The first-order valence-corrected chi connectivity index (χ1v) is 8.82. The molecule has 0 aromatic carbocycles. The molecule has 18 heavy (non-hydrogen) atoms. The Hall–Kier alpha value is -0.470. The van der Waals surface area contributed by atoms with Crippen LogP contribution in [0.15, 0.2) is 16.3 Å². The second-order valence-electron chi connectivity index (χ2n) is 5.02. The smallest absolute Gasteiger partial charge is 0.247 e. The van der Waals surface area contributed by atoms with Crippen molar-refractivity contribution in [3.63, 3.8) is 0 Å². The van der Waals surface area contributed by atoms with E-state index in [2.05, 4.69) is 6.92 Å². The maximum atomic E-state index is 11.3. The number of sulfonamides is 1. The van der Waals surface area contributed by atoms with Crippen molar-refractivity contribution in [1.82, 2.24) is 0 Å². The number of fused-ring (bicyclic) bond motifs is 1. The van der Waals surface area contributed by atoms with Crippen LogP contribution in [0.4, 0.5) is 0 Å². The van der Waals surface area contributed by atoms with Gasteiger partial charge in [0.05, 0.1) is 9.55 Å². The van der Waals surface area contributed by atoms with Crippen LogP contribution in [-0.2, 0) is 15.6 Å². The lowest BCUT2D eigenvalue weighted by Crippen LogP contribution is -2.34. The average Bonchev–Trinajstić information content (AvgIpc) is 2.87. The third-order valence-electron chi connectivity index (χ3n) is 3.43. The minimum atomic E-state index is -3.59. The molecule has 0 bridgehead atoms. The van der Waals surface area contributed by atoms with Gasteiger partial charge < -0.3 is 5.73 Å². The lowest BCUT2D eigenvalue weighted by Gasteiger charge is -2.22. The molecule has 7 heteroatoms. The summed E-state index contributed by atoms with van der Waals surface area (Å²) in [6, 6.07) is 3.64. The monoisotopic (exact) mass is 302 g/mol. The largest absolute Gasteiger partial charge is 0.321 e. The van der Waals surface area contributed by atoms with Gasteiger partial charge in [-0.25, -0.2) is 13.6 Å². The van der Waals surface area contributed by atoms with Gasteiger partial charge in [0.15, 0.2) is 0 Å². The van der Waals surface area contributed by atoms with E-state index in [0.29, 0.717) is 5.92 Å². The summed E-state index contributed by atoms with van der Waals surface area (Å²) in [4.78, 5) is 1.13. The predicted octanol–water partition coefficient (Wildman–Crippen LogP) is 2.19. The summed E-state index contributed by atoms with van der Waals surface area (Å²) in [7, 11) is -3.59. The lowest BCUT2D eigenvalue weighted by molar-refractivity contribution is 0.436. The fourth-order valence-corrected chi connectivity index (χ4v) is 5.59. The van der Waals surface area contributed by atoms with E-state index in [1.54, 1.807) is 17.4 Å². The van der Waals surface area contributed by atoms with Gasteiger partial charge in [0.1, 0.15) is 4.21 Å². The zero-order valence-corrected chi connectivity index (χ0v) is 12.3. The van der Waals surface area contributed by atoms with Crippen LogP contribution in [0.3, 0.4) is 0 Å². The summed E-state index contributed by atoms with van der Waals surface area (Å²) >= 11 is 2.81. The fourth-order valence-electron chi connectivity index (χ4n) is 2.11. The molecule has 1 saturated carbocycles. The fraction of sp³-hybridized carbons (Fsp3) is 0.455. The Morgan fingerprint density at radius 3 is 2.50 bits per heavy atom. The molecule has 0 amide bonds. The topological polar surface area (TPSA) is 86.2 Å². The van der Waals surface area contributed by atoms with Crippen LogP contribution in [0.5, 0.6) is 0 Å². The van der Waals surface area contributed by atoms with Crippen molar-refractivity contribution >= 4 is 42.1 Å². The Kier molecular flexibility index (Phi) is 2.63. The van der Waals surface area contributed by atoms with Gasteiger partial charge in [-0.2, -0.15) is 0 Å². The van der Waals surface area contributed by atoms with Crippen LogP contribution < -0.4 is 10.9 Å². The molecule has 1 aliphatic rings. The molecule has 2 aromatic rings. The highest BCUT2D eigenvalue weighted by atomic mass is 32.2. The number of hydrogen-bond acceptors (Lipinski definition) is 5. The molecule has 0 radical (unpaired) electrons. The maximum Gasteiger partial charge on any atom is 0.247 e. The minimum absolute atomic E-state index is 0.223. The average molecular weight is 302 g/mol. The van der Waals surface area contributed by atoms with Gasteiger partial charge >= 0.3 is 0 Å². The molecular formula is C11H14N2O2S3. The second kappa shape index (κ2) is 3.77. The molecule has 4 nitrogen and oxygen atoms in total. The highest BCUT2D eigenvalue weighted by molar-refractivity contribution is 7.91. The van der Waals surface area contributed by atoms with Gasteiger partial charge in [-0.05, 0) is 37.8 Å². The van der Waals surface area contributed by atoms with Gasteiger partial charge in [-0.15, -0.1) is 22.7 Å². The molecule has 0 aliphatic heterocycles. The third-order valence-corrected chi connectivity index (χ3v) is 7.49. The summed E-state index contributed by atoms with van der Waals surface area (Å²) in [6.45, 7) is 2.06. The van der Waals surface area contributed by atoms with Crippen LogP contribution in [0.2, 0.25) is 0 Å². The van der Waals surface area contributed by atoms with Crippen molar-refractivity contribution < 1.29 is 8.42 Å². The van der Waals surface area contributed by atoms with Gasteiger partial charge in [0.25, 0.3) is 0 Å². The molecule has 0 spiro atoms. The van der Waals surface area contributed by atoms with Crippen molar-refractivity contribution in [3.05, 3.63) is 17.0 Å². The van der Waals surface area contributed by atoms with Crippen LogP contribution in [0.25, 0.3) is 9.40 Å². The van der Waals surface area contributed by atoms with Crippen molar-refractivity contribution in [2.75, 3.05) is 0 Å². The van der Waals surface area contributed by atoms with Gasteiger partial charge in [-0.3, -0.25) is 0 Å². The summed E-state index contributed by atoms with van der Waals surface area (Å²) in [5.74, 6) is 0.558. The van der Waals surface area contributed by atoms with E-state index in [1.165, 1.54) is 24.2 Å². The van der Waals surface area contributed by atoms with Crippen molar-refractivity contribution in [2.24, 2.45) is 16.8 Å². The Bertz CT molecular complexity index is 676. The van der Waals surface area contributed by atoms with E-state index >= 15 is 0 Å². The van der Waals surface area contributed by atoms with Crippen LogP contribution in [0, 0.1) is 5.92 Å². The van der Waals surface area contributed by atoms with Crippen LogP contribution in [0.1, 0.15) is 24.6 Å². The van der Waals surface area contributed by atoms with Crippen LogP contribution in [-0.4, -0.2) is 8.42 Å². The van der Waals surface area contributed by atoms with E-state index in [0.717, 1.165) is 14.3 Å². The SMILES string of the molecule is CC(N)(c1cc2cc(S(N)(=O)=O)sc2s1)C1CC1. The third kappa shape index (κ3) is 2.00. The Morgan fingerprint density at radius 2 is 2.00 bits per heavy atom. The first kappa shape index (κ1) is 12.6. The molecule has 98 valence electrons. The molecule has 2 heterocycles. The number of thiophene rings is 2. The predicted molar refractivity (Wildman–Crippen MR) is 75.3 cm³/mol. The lowest BCUT2D eigenvalue weighted by atomic mass is 9.95. The van der Waals surface area contributed by atoms with Crippen LogP contribution >= 0.6 is 22.7 Å². The van der Waals surface area contributed by atoms with Gasteiger partial charge in [-0.1, -0.05) is 0 Å².